The van der Waals surface area contributed by atoms with E-state index in [0.717, 1.165) is 11.6 Å². The fourth-order valence-electron chi connectivity index (χ4n) is 1.58. The van der Waals surface area contributed by atoms with Crippen molar-refractivity contribution in [3.8, 4) is 0 Å². The summed E-state index contributed by atoms with van der Waals surface area (Å²) in [5.74, 6) is -0.149. The molecule has 90 valence electrons. The van der Waals surface area contributed by atoms with Crippen molar-refractivity contribution >= 4 is 12.6 Å². The molecule has 0 radical (unpaired) electrons. The Morgan fingerprint density at radius 2 is 1.69 bits per heavy atom. The molecule has 0 aliphatic carbocycles. The van der Waals surface area contributed by atoms with E-state index in [0.29, 0.717) is 5.56 Å². The quantitative estimate of drug-likeness (QED) is 0.713. The Bertz CT molecular complexity index is 367. The summed E-state index contributed by atoms with van der Waals surface area (Å²) in [6.07, 6.45) is -4.28. The molecular weight excluding hydrogens is 233 g/mol. The minimum Gasteiger partial charge on any atom is -0.171 e. The molecule has 0 amide bonds. The molecule has 16 heavy (non-hydrogen) atoms. The van der Waals surface area contributed by atoms with Gasteiger partial charge in [0.05, 0.1) is 5.56 Å². The van der Waals surface area contributed by atoms with Crippen LogP contribution >= 0.6 is 12.6 Å². The molecule has 0 bridgehead atoms. The average molecular weight is 248 g/mol. The van der Waals surface area contributed by atoms with Crippen LogP contribution in [0.25, 0.3) is 0 Å². The van der Waals surface area contributed by atoms with Gasteiger partial charge in [-0.2, -0.15) is 25.8 Å². The van der Waals surface area contributed by atoms with Crippen LogP contribution in [0.2, 0.25) is 0 Å². The lowest BCUT2D eigenvalue weighted by atomic mass is 9.94. The summed E-state index contributed by atoms with van der Waals surface area (Å²) in [4.78, 5) is 0. The third kappa shape index (κ3) is 2.94. The Balaban J connectivity index is 3.31. The van der Waals surface area contributed by atoms with Crippen molar-refractivity contribution < 1.29 is 13.2 Å². The van der Waals surface area contributed by atoms with Crippen LogP contribution in [0.15, 0.2) is 18.2 Å². The van der Waals surface area contributed by atoms with E-state index >= 15 is 0 Å². The largest absolute Gasteiger partial charge is 0.416 e. The van der Waals surface area contributed by atoms with Gasteiger partial charge in [0.15, 0.2) is 0 Å². The lowest BCUT2D eigenvalue weighted by Crippen LogP contribution is -2.10. The van der Waals surface area contributed by atoms with Gasteiger partial charge in [0.25, 0.3) is 0 Å². The van der Waals surface area contributed by atoms with Gasteiger partial charge in [-0.05, 0) is 30.0 Å². The number of hydrogen-bond donors (Lipinski definition) is 1. The maximum absolute atomic E-state index is 12.7. The van der Waals surface area contributed by atoms with Crippen LogP contribution < -0.4 is 0 Å². The average Bonchev–Trinajstić information content (AvgIpc) is 2.15. The van der Waals surface area contributed by atoms with Crippen molar-refractivity contribution in [1.29, 1.82) is 0 Å². The summed E-state index contributed by atoms with van der Waals surface area (Å²) in [5, 5.41) is -0.0558. The molecule has 1 aromatic carbocycles. The smallest absolute Gasteiger partial charge is 0.171 e. The van der Waals surface area contributed by atoms with E-state index in [1.54, 1.807) is 19.9 Å². The molecule has 0 saturated carbocycles. The number of thiol groups is 1. The number of hydrogen-bond acceptors (Lipinski definition) is 1. The second kappa shape index (κ2) is 4.70. The van der Waals surface area contributed by atoms with E-state index < -0.39 is 11.7 Å². The Morgan fingerprint density at radius 1 is 1.12 bits per heavy atom. The Morgan fingerprint density at radius 3 is 2.06 bits per heavy atom. The molecular formula is C12H15F3S. The van der Waals surface area contributed by atoms with Crippen LogP contribution in [-0.2, 0) is 6.18 Å². The molecule has 1 rings (SSSR count). The lowest BCUT2D eigenvalue weighted by Gasteiger charge is -2.17. The fraction of sp³-hybridized carbons (Fsp3) is 0.500. The van der Waals surface area contributed by atoms with Gasteiger partial charge in [0, 0.05) is 5.25 Å². The predicted octanol–water partition coefficient (Wildman–Crippen LogP) is 4.82. The van der Waals surface area contributed by atoms with Crippen LogP contribution in [0.1, 0.15) is 48.6 Å². The highest BCUT2D eigenvalue weighted by Gasteiger charge is 2.33. The van der Waals surface area contributed by atoms with E-state index in [1.165, 1.54) is 6.07 Å². The molecule has 4 heteroatoms. The molecule has 0 nitrogen and oxygen atoms in total. The number of halogens is 3. The van der Waals surface area contributed by atoms with Crippen molar-refractivity contribution in [2.45, 2.75) is 38.1 Å². The van der Waals surface area contributed by atoms with Crippen LogP contribution in [0.4, 0.5) is 13.2 Å². The molecule has 0 saturated heterocycles. The summed E-state index contributed by atoms with van der Waals surface area (Å²) < 4.78 is 38.2. The van der Waals surface area contributed by atoms with Crippen LogP contribution in [0, 0.1) is 0 Å². The maximum Gasteiger partial charge on any atom is 0.416 e. The van der Waals surface area contributed by atoms with E-state index in [1.807, 2.05) is 6.92 Å². The number of benzene rings is 1. The molecule has 1 atom stereocenters. The monoisotopic (exact) mass is 248 g/mol. The van der Waals surface area contributed by atoms with Gasteiger partial charge in [-0.25, -0.2) is 0 Å². The van der Waals surface area contributed by atoms with Crippen molar-refractivity contribution in [3.05, 3.63) is 34.9 Å². The molecule has 0 fully saturated rings. The normalized spacial score (nSPS) is 14.2. The summed E-state index contributed by atoms with van der Waals surface area (Å²) in [6, 6.07) is 4.24. The first-order chi connectivity index (χ1) is 7.23. The van der Waals surface area contributed by atoms with Gasteiger partial charge >= 0.3 is 6.18 Å². The summed E-state index contributed by atoms with van der Waals surface area (Å²) in [7, 11) is 0. The third-order valence-corrected chi connectivity index (χ3v) is 2.78. The van der Waals surface area contributed by atoms with Crippen LogP contribution in [0.5, 0.6) is 0 Å². The fourth-order valence-corrected chi connectivity index (χ4v) is 1.74. The minimum absolute atomic E-state index is 0.0558. The molecule has 0 N–H and O–H groups in total. The van der Waals surface area contributed by atoms with Crippen molar-refractivity contribution in [1.82, 2.24) is 0 Å². The van der Waals surface area contributed by atoms with E-state index in [-0.39, 0.29) is 11.2 Å². The first-order valence-electron chi connectivity index (χ1n) is 5.12. The van der Waals surface area contributed by atoms with Crippen LogP contribution in [0.3, 0.4) is 0 Å². The van der Waals surface area contributed by atoms with Gasteiger partial charge in [-0.15, -0.1) is 0 Å². The molecule has 1 aromatic rings. The molecule has 0 spiro atoms. The predicted molar refractivity (Wildman–Crippen MR) is 62.9 cm³/mol. The zero-order valence-corrected chi connectivity index (χ0v) is 10.4. The van der Waals surface area contributed by atoms with Crippen molar-refractivity contribution in [2.24, 2.45) is 0 Å². The topological polar surface area (TPSA) is 0 Å². The van der Waals surface area contributed by atoms with Gasteiger partial charge in [0.1, 0.15) is 0 Å². The van der Waals surface area contributed by atoms with Gasteiger partial charge in [0.2, 0.25) is 0 Å². The first kappa shape index (κ1) is 13.4. The second-order valence-corrected chi connectivity index (χ2v) is 4.95. The number of rotatable bonds is 2. The second-order valence-electron chi connectivity index (χ2n) is 4.18. The highest BCUT2D eigenvalue weighted by molar-refractivity contribution is 7.80. The third-order valence-electron chi connectivity index (χ3n) is 2.49. The molecule has 0 unspecified atom stereocenters. The number of alkyl halides is 3. The van der Waals surface area contributed by atoms with Crippen LogP contribution in [-0.4, -0.2) is 0 Å². The summed E-state index contributed by atoms with van der Waals surface area (Å²) in [6.45, 7) is 5.37. The van der Waals surface area contributed by atoms with Gasteiger partial charge in [-0.3, -0.25) is 0 Å². The summed E-state index contributed by atoms with van der Waals surface area (Å²) in [5.41, 5.74) is 0.617. The standard InChI is InChI=1S/C12H15F3S/c1-7(2)10-6-9(8(3)16)4-5-11(10)12(13,14)15/h4-8,16H,1-3H3/t8-/m0/s1. The lowest BCUT2D eigenvalue weighted by molar-refractivity contribution is -0.138. The zero-order valence-electron chi connectivity index (χ0n) is 9.47. The van der Waals surface area contributed by atoms with E-state index in [9.17, 15) is 13.2 Å². The SMILES string of the molecule is CC(C)c1cc([C@H](C)S)ccc1C(F)(F)F. The highest BCUT2D eigenvalue weighted by atomic mass is 32.1. The molecule has 0 aliphatic heterocycles. The zero-order chi connectivity index (χ0) is 12.5. The minimum atomic E-state index is -4.28. The first-order valence-corrected chi connectivity index (χ1v) is 5.64. The van der Waals surface area contributed by atoms with E-state index in [2.05, 4.69) is 12.6 Å². The molecule has 0 aromatic heterocycles. The molecule has 0 heterocycles. The summed E-state index contributed by atoms with van der Waals surface area (Å²) >= 11 is 4.23. The Kier molecular flexibility index (Phi) is 3.94. The molecule has 0 aliphatic rings. The Labute approximate surface area is 99.3 Å². The Hall–Kier alpha value is -0.640. The van der Waals surface area contributed by atoms with Gasteiger partial charge < -0.3 is 0 Å². The maximum atomic E-state index is 12.7. The highest BCUT2D eigenvalue weighted by Crippen LogP contribution is 2.36. The van der Waals surface area contributed by atoms with Crippen molar-refractivity contribution in [2.75, 3.05) is 0 Å². The van der Waals surface area contributed by atoms with E-state index in [4.69, 9.17) is 0 Å². The van der Waals surface area contributed by atoms with Gasteiger partial charge in [-0.1, -0.05) is 26.0 Å². The van der Waals surface area contributed by atoms with Crippen molar-refractivity contribution in [3.63, 3.8) is 0 Å².